The summed E-state index contributed by atoms with van der Waals surface area (Å²) in [5.74, 6) is 3.54. The van der Waals surface area contributed by atoms with Crippen molar-refractivity contribution in [2.75, 3.05) is 0 Å². The predicted molar refractivity (Wildman–Crippen MR) is 86.0 cm³/mol. The summed E-state index contributed by atoms with van der Waals surface area (Å²) in [6, 6.07) is 0. The lowest BCUT2D eigenvalue weighted by atomic mass is 10.1. The molecule has 108 valence electrons. The Kier molecular flexibility index (Phi) is 5.72. The van der Waals surface area contributed by atoms with Crippen molar-refractivity contribution in [2.24, 2.45) is 17.8 Å². The second-order valence-corrected chi connectivity index (χ2v) is 11.2. The van der Waals surface area contributed by atoms with E-state index in [4.69, 9.17) is 0 Å². The van der Waals surface area contributed by atoms with Crippen LogP contribution in [0.4, 0.5) is 0 Å². The molecule has 3 rings (SSSR count). The van der Waals surface area contributed by atoms with Crippen molar-refractivity contribution in [3.05, 3.63) is 0 Å². The molecule has 0 heterocycles. The zero-order valence-corrected chi connectivity index (χ0v) is 14.1. The summed E-state index contributed by atoms with van der Waals surface area (Å²) < 4.78 is 0. The molecule has 0 aliphatic heterocycles. The SMILES string of the molecule is C1CCC([CH2][Al]([CH2]C2CCCC2)[CH2]C2CCCC2)C1. The van der Waals surface area contributed by atoms with Gasteiger partial charge in [0.05, 0.1) is 0 Å². The summed E-state index contributed by atoms with van der Waals surface area (Å²) in [5, 5.41) is 5.23. The summed E-state index contributed by atoms with van der Waals surface area (Å²) in [6.07, 6.45) is 18.9. The topological polar surface area (TPSA) is 0 Å². The zero-order chi connectivity index (χ0) is 12.9. The van der Waals surface area contributed by atoms with E-state index in [0.717, 1.165) is 0 Å². The highest BCUT2D eigenvalue weighted by atomic mass is 27.2. The largest absolute Gasteiger partial charge is 0.262 e. The van der Waals surface area contributed by atoms with Gasteiger partial charge in [-0.15, -0.1) is 0 Å². The van der Waals surface area contributed by atoms with Gasteiger partial charge in [0, 0.05) is 0 Å². The van der Waals surface area contributed by atoms with E-state index in [1.165, 1.54) is 17.8 Å². The van der Waals surface area contributed by atoms with Crippen molar-refractivity contribution in [3.8, 4) is 0 Å². The molecular weight excluding hydrogens is 243 g/mol. The van der Waals surface area contributed by atoms with Gasteiger partial charge < -0.3 is 0 Å². The van der Waals surface area contributed by atoms with Crippen LogP contribution in [0.3, 0.4) is 0 Å². The third kappa shape index (κ3) is 4.50. The van der Waals surface area contributed by atoms with E-state index >= 15 is 0 Å². The van der Waals surface area contributed by atoms with Gasteiger partial charge >= 0.3 is 0 Å². The molecule has 0 bridgehead atoms. The van der Waals surface area contributed by atoms with E-state index in [1.54, 1.807) is 92.9 Å². The van der Waals surface area contributed by atoms with Gasteiger partial charge in [0.15, 0.2) is 0 Å². The first kappa shape index (κ1) is 14.5. The molecule has 0 aromatic heterocycles. The molecule has 0 radical (unpaired) electrons. The summed E-state index contributed by atoms with van der Waals surface area (Å²) >= 11 is -0.393. The number of rotatable bonds is 6. The maximum Gasteiger partial charge on any atom is 0.262 e. The van der Waals surface area contributed by atoms with Gasteiger partial charge in [0.25, 0.3) is 14.1 Å². The quantitative estimate of drug-likeness (QED) is 0.518. The summed E-state index contributed by atoms with van der Waals surface area (Å²) in [7, 11) is 0. The van der Waals surface area contributed by atoms with Crippen LogP contribution < -0.4 is 0 Å². The minimum Gasteiger partial charge on any atom is -0.0910 e. The molecule has 0 aromatic carbocycles. The van der Waals surface area contributed by atoms with Gasteiger partial charge in [0.2, 0.25) is 0 Å². The Morgan fingerprint density at radius 2 is 0.737 bits per heavy atom. The van der Waals surface area contributed by atoms with Crippen LogP contribution in [0.2, 0.25) is 15.8 Å². The van der Waals surface area contributed by atoms with E-state index in [2.05, 4.69) is 0 Å². The fourth-order valence-electron chi connectivity index (χ4n) is 5.44. The second kappa shape index (κ2) is 7.52. The Labute approximate surface area is 125 Å². The first-order valence-electron chi connectivity index (χ1n) is 9.40. The van der Waals surface area contributed by atoms with Crippen LogP contribution >= 0.6 is 0 Å². The van der Waals surface area contributed by atoms with Gasteiger partial charge in [-0.3, -0.25) is 0 Å². The van der Waals surface area contributed by atoms with Crippen molar-refractivity contribution >= 4 is 14.1 Å². The van der Waals surface area contributed by atoms with Crippen molar-refractivity contribution < 1.29 is 0 Å². The average Bonchev–Trinajstić information content (AvgIpc) is 3.10. The Morgan fingerprint density at radius 3 is 1.00 bits per heavy atom. The number of hydrogen-bond donors (Lipinski definition) is 0. The molecule has 0 saturated heterocycles. The van der Waals surface area contributed by atoms with E-state index < -0.39 is 14.1 Å². The number of hydrogen-bond acceptors (Lipinski definition) is 0. The minimum absolute atomic E-state index is 0.393. The highest BCUT2D eigenvalue weighted by molar-refractivity contribution is 6.59. The summed E-state index contributed by atoms with van der Waals surface area (Å²) in [5.41, 5.74) is 0. The molecule has 0 spiro atoms. The molecule has 3 saturated carbocycles. The molecule has 0 nitrogen and oxygen atoms in total. The van der Waals surface area contributed by atoms with Crippen LogP contribution in [0.25, 0.3) is 0 Å². The zero-order valence-electron chi connectivity index (χ0n) is 12.9. The molecule has 3 aliphatic carbocycles. The van der Waals surface area contributed by atoms with Crippen LogP contribution in [0.15, 0.2) is 0 Å². The second-order valence-electron chi connectivity index (χ2n) is 8.02. The van der Waals surface area contributed by atoms with E-state index in [9.17, 15) is 0 Å². The van der Waals surface area contributed by atoms with Crippen LogP contribution in [0.5, 0.6) is 0 Å². The molecular formula is C18H33Al. The van der Waals surface area contributed by atoms with E-state index in [1.807, 2.05) is 0 Å². The lowest BCUT2D eigenvalue weighted by molar-refractivity contribution is 0.554. The summed E-state index contributed by atoms with van der Waals surface area (Å²) in [6.45, 7) is 0. The van der Waals surface area contributed by atoms with Crippen LogP contribution in [-0.2, 0) is 0 Å². The molecule has 0 amide bonds. The lowest BCUT2D eigenvalue weighted by Gasteiger charge is -2.22. The minimum atomic E-state index is -0.393. The molecule has 0 aromatic rings. The lowest BCUT2D eigenvalue weighted by Crippen LogP contribution is -2.22. The third-order valence-corrected chi connectivity index (χ3v) is 10.4. The fourth-order valence-corrected chi connectivity index (χ4v) is 10.3. The van der Waals surface area contributed by atoms with Crippen LogP contribution in [0.1, 0.15) is 77.0 Å². The van der Waals surface area contributed by atoms with Crippen molar-refractivity contribution in [2.45, 2.75) is 92.9 Å². The average molecular weight is 276 g/mol. The first-order chi connectivity index (χ1) is 9.40. The van der Waals surface area contributed by atoms with Gasteiger partial charge in [-0.1, -0.05) is 111 Å². The monoisotopic (exact) mass is 276 g/mol. The normalized spacial score (nSPS) is 26.5. The molecule has 0 atom stereocenters. The van der Waals surface area contributed by atoms with E-state index in [0.29, 0.717) is 0 Å². The van der Waals surface area contributed by atoms with Gasteiger partial charge in [0.1, 0.15) is 0 Å². The molecule has 0 unspecified atom stereocenters. The molecule has 1 heteroatoms. The van der Waals surface area contributed by atoms with Crippen LogP contribution in [-0.4, -0.2) is 14.1 Å². The summed E-state index contributed by atoms with van der Waals surface area (Å²) in [4.78, 5) is 0. The standard InChI is InChI=1S/3C6H11.Al/c3*1-6-4-2-3-5-6;/h3*6H,1-5H2;. The smallest absolute Gasteiger partial charge is 0.0910 e. The maximum atomic E-state index is 1.74. The highest BCUT2D eigenvalue weighted by Gasteiger charge is 2.31. The van der Waals surface area contributed by atoms with Crippen molar-refractivity contribution in [1.29, 1.82) is 0 Å². The molecule has 3 fully saturated rings. The van der Waals surface area contributed by atoms with Crippen LogP contribution in [0, 0.1) is 17.8 Å². The van der Waals surface area contributed by atoms with Gasteiger partial charge in [-0.2, -0.15) is 0 Å². The van der Waals surface area contributed by atoms with Gasteiger partial charge in [-0.05, 0) is 0 Å². The van der Waals surface area contributed by atoms with Crippen molar-refractivity contribution in [3.63, 3.8) is 0 Å². The molecule has 0 N–H and O–H groups in total. The Bertz CT molecular complexity index is 202. The molecule has 3 aliphatic rings. The predicted octanol–water partition coefficient (Wildman–Crippen LogP) is 6.05. The maximum absolute atomic E-state index is 1.74. The Morgan fingerprint density at radius 1 is 0.474 bits per heavy atom. The third-order valence-electron chi connectivity index (χ3n) is 6.42. The van der Waals surface area contributed by atoms with Gasteiger partial charge in [-0.25, -0.2) is 0 Å². The Balaban J connectivity index is 1.49. The fraction of sp³-hybridized carbons (Fsp3) is 1.00. The molecule has 19 heavy (non-hydrogen) atoms. The Hall–Kier alpha value is 0.532. The first-order valence-corrected chi connectivity index (χ1v) is 11.8. The highest BCUT2D eigenvalue weighted by Crippen LogP contribution is 2.38. The van der Waals surface area contributed by atoms with Crippen molar-refractivity contribution in [1.82, 2.24) is 0 Å². The van der Waals surface area contributed by atoms with E-state index in [-0.39, 0.29) is 0 Å².